The van der Waals surface area contributed by atoms with Gasteiger partial charge in [0, 0.05) is 0 Å². The standard InChI is InChI=1S/C9H12N5O7P/c10-8-12-6-5(7(16)13-8)11-3-14(6)1-4(15)2-21-22(19,20)9(17)18/h3-4,15H,1-2H2,(H,17,18)(H,19,20)(H3,10,12,13,16)/t4-/m0/s1. The van der Waals surface area contributed by atoms with E-state index in [0.717, 1.165) is 0 Å². The molecule has 2 aromatic heterocycles. The first-order valence-electron chi connectivity index (χ1n) is 5.80. The summed E-state index contributed by atoms with van der Waals surface area (Å²) in [6.07, 6.45) is -0.120. The van der Waals surface area contributed by atoms with Crippen molar-refractivity contribution < 1.29 is 29.0 Å². The number of rotatable bonds is 6. The minimum Gasteiger partial charge on any atom is -0.472 e. The van der Waals surface area contributed by atoms with Crippen LogP contribution in [-0.2, 0) is 15.6 Å². The van der Waals surface area contributed by atoms with E-state index in [9.17, 15) is 19.3 Å². The first-order chi connectivity index (χ1) is 10.2. The zero-order chi connectivity index (χ0) is 16.5. The number of aromatic amines is 1. The number of H-pyrrole nitrogens is 1. The molecule has 0 saturated heterocycles. The predicted octanol–water partition coefficient (Wildman–Crippen LogP) is -1.06. The Labute approximate surface area is 121 Å². The number of nitrogen functional groups attached to an aromatic ring is 1. The smallest absolute Gasteiger partial charge is 0.435 e. The molecular formula is C9H12N5O7P. The Morgan fingerprint density at radius 1 is 1.59 bits per heavy atom. The van der Waals surface area contributed by atoms with Crippen LogP contribution >= 0.6 is 7.60 Å². The van der Waals surface area contributed by atoms with Crippen molar-refractivity contribution in [3.63, 3.8) is 0 Å². The van der Waals surface area contributed by atoms with Crippen molar-refractivity contribution in [1.82, 2.24) is 19.5 Å². The van der Waals surface area contributed by atoms with Gasteiger partial charge in [0.2, 0.25) is 5.95 Å². The zero-order valence-electron chi connectivity index (χ0n) is 10.9. The number of imidazole rings is 1. The van der Waals surface area contributed by atoms with Gasteiger partial charge < -0.3 is 25.4 Å². The van der Waals surface area contributed by atoms with Crippen LogP contribution in [0.15, 0.2) is 11.1 Å². The van der Waals surface area contributed by atoms with Crippen molar-refractivity contribution >= 4 is 30.4 Å². The highest BCUT2D eigenvalue weighted by atomic mass is 31.2. The maximum Gasteiger partial charge on any atom is 0.435 e. The molecule has 0 bridgehead atoms. The molecule has 0 aliphatic heterocycles. The number of nitrogens with zero attached hydrogens (tertiary/aromatic N) is 3. The van der Waals surface area contributed by atoms with Gasteiger partial charge in [0.15, 0.2) is 11.2 Å². The fourth-order valence-corrected chi connectivity index (χ4v) is 2.11. The van der Waals surface area contributed by atoms with Crippen LogP contribution in [0.25, 0.3) is 11.2 Å². The number of nitrogens with two attached hydrogens (primary N) is 1. The van der Waals surface area contributed by atoms with Crippen LogP contribution in [-0.4, -0.2) is 53.0 Å². The molecule has 0 saturated carbocycles. The van der Waals surface area contributed by atoms with Gasteiger partial charge >= 0.3 is 13.3 Å². The van der Waals surface area contributed by atoms with Crippen LogP contribution in [0.1, 0.15) is 0 Å². The number of anilines is 1. The number of aliphatic hydroxyl groups is 1. The van der Waals surface area contributed by atoms with Gasteiger partial charge in [-0.1, -0.05) is 0 Å². The molecule has 0 aromatic carbocycles. The van der Waals surface area contributed by atoms with Gasteiger partial charge in [0.05, 0.1) is 25.6 Å². The Morgan fingerprint density at radius 3 is 2.91 bits per heavy atom. The summed E-state index contributed by atoms with van der Waals surface area (Å²) in [4.78, 5) is 40.8. The van der Waals surface area contributed by atoms with E-state index in [1.54, 1.807) is 0 Å². The largest absolute Gasteiger partial charge is 0.472 e. The van der Waals surface area contributed by atoms with E-state index in [2.05, 4.69) is 19.5 Å². The Bertz CT molecular complexity index is 814. The first kappa shape index (κ1) is 16.1. The van der Waals surface area contributed by atoms with E-state index in [1.807, 2.05) is 0 Å². The average molecular weight is 333 g/mol. The lowest BCUT2D eigenvalue weighted by molar-refractivity contribution is 0.0860. The molecule has 120 valence electrons. The summed E-state index contributed by atoms with van der Waals surface area (Å²) in [5.41, 5.74) is 2.93. The lowest BCUT2D eigenvalue weighted by Crippen LogP contribution is -2.22. The van der Waals surface area contributed by atoms with E-state index in [0.29, 0.717) is 0 Å². The molecule has 12 nitrogen and oxygen atoms in total. The zero-order valence-corrected chi connectivity index (χ0v) is 11.8. The average Bonchev–Trinajstić information content (AvgIpc) is 2.80. The van der Waals surface area contributed by atoms with Gasteiger partial charge in [0.1, 0.15) is 0 Å². The van der Waals surface area contributed by atoms with Gasteiger partial charge in [-0.05, 0) is 0 Å². The van der Waals surface area contributed by atoms with Crippen LogP contribution in [0.4, 0.5) is 10.7 Å². The molecule has 0 aliphatic carbocycles. The molecule has 2 aromatic rings. The number of aliphatic hydroxyl groups excluding tert-OH is 1. The summed E-state index contributed by atoms with van der Waals surface area (Å²) in [6, 6.07) is 0. The summed E-state index contributed by atoms with van der Waals surface area (Å²) >= 11 is 0. The second-order valence-corrected chi connectivity index (χ2v) is 5.95. The molecule has 6 N–H and O–H groups in total. The summed E-state index contributed by atoms with van der Waals surface area (Å²) in [5, 5.41) is 18.1. The van der Waals surface area contributed by atoms with E-state index < -0.39 is 31.6 Å². The van der Waals surface area contributed by atoms with Crippen molar-refractivity contribution in [1.29, 1.82) is 0 Å². The van der Waals surface area contributed by atoms with E-state index >= 15 is 0 Å². The molecule has 0 aliphatic rings. The second kappa shape index (κ2) is 5.85. The number of carboxylic acid groups (broad SMARTS) is 1. The molecular weight excluding hydrogens is 321 g/mol. The number of carbonyl (C=O) groups is 1. The van der Waals surface area contributed by atoms with Gasteiger partial charge in [-0.3, -0.25) is 14.3 Å². The Kier molecular flexibility index (Phi) is 4.28. The fraction of sp³-hybridized carbons (Fsp3) is 0.333. The van der Waals surface area contributed by atoms with Gasteiger partial charge in [-0.15, -0.1) is 0 Å². The Hall–Kier alpha value is -2.27. The predicted molar refractivity (Wildman–Crippen MR) is 72.4 cm³/mol. The molecule has 13 heteroatoms. The van der Waals surface area contributed by atoms with Crippen molar-refractivity contribution in [2.75, 3.05) is 12.3 Å². The Balaban J connectivity index is 2.13. The summed E-state index contributed by atoms with van der Waals surface area (Å²) < 4.78 is 16.6. The quantitative estimate of drug-likeness (QED) is 0.407. The minimum atomic E-state index is -4.83. The van der Waals surface area contributed by atoms with Crippen molar-refractivity contribution in [2.24, 2.45) is 0 Å². The van der Waals surface area contributed by atoms with Gasteiger partial charge in [-0.25, -0.2) is 14.3 Å². The molecule has 0 radical (unpaired) electrons. The molecule has 2 heterocycles. The molecule has 0 amide bonds. The summed E-state index contributed by atoms with van der Waals surface area (Å²) in [6.45, 7) is -0.912. The molecule has 2 atom stereocenters. The molecule has 2 rings (SSSR count). The van der Waals surface area contributed by atoms with Crippen LogP contribution < -0.4 is 11.3 Å². The number of nitrogens with one attached hydrogen (secondary N) is 1. The van der Waals surface area contributed by atoms with Gasteiger partial charge in [0.25, 0.3) is 5.56 Å². The van der Waals surface area contributed by atoms with Crippen LogP contribution in [0.5, 0.6) is 0 Å². The molecule has 1 unspecified atom stereocenters. The van der Waals surface area contributed by atoms with Crippen LogP contribution in [0.3, 0.4) is 0 Å². The number of aromatic nitrogens is 4. The van der Waals surface area contributed by atoms with Gasteiger partial charge in [-0.2, -0.15) is 4.98 Å². The van der Waals surface area contributed by atoms with E-state index in [-0.39, 0.29) is 23.7 Å². The lowest BCUT2D eigenvalue weighted by atomic mass is 10.4. The molecule has 22 heavy (non-hydrogen) atoms. The normalized spacial score (nSPS) is 15.5. The monoisotopic (exact) mass is 333 g/mol. The third-order valence-corrected chi connectivity index (χ3v) is 3.57. The maximum absolute atomic E-state index is 11.6. The van der Waals surface area contributed by atoms with E-state index in [1.165, 1.54) is 10.9 Å². The third-order valence-electron chi connectivity index (χ3n) is 2.58. The number of fused-ring (bicyclic) bond motifs is 1. The fourth-order valence-electron chi connectivity index (χ4n) is 1.63. The SMILES string of the molecule is Nc1nc2c(ncn2C[C@H](O)COP(=O)(O)C(=O)O)c(=O)[nH]1. The summed E-state index contributed by atoms with van der Waals surface area (Å²) in [7, 11) is -4.83. The first-order valence-corrected chi connectivity index (χ1v) is 7.38. The highest BCUT2D eigenvalue weighted by Crippen LogP contribution is 2.42. The minimum absolute atomic E-state index is 0.000634. The summed E-state index contributed by atoms with van der Waals surface area (Å²) in [5.74, 6) is -0.143. The molecule has 0 spiro atoms. The highest BCUT2D eigenvalue weighted by molar-refractivity contribution is 7.70. The molecule has 0 fully saturated rings. The second-order valence-electron chi connectivity index (χ2n) is 4.27. The third kappa shape index (κ3) is 3.31. The lowest BCUT2D eigenvalue weighted by Gasteiger charge is -2.13. The van der Waals surface area contributed by atoms with E-state index in [4.69, 9.17) is 15.7 Å². The number of hydrogen-bond acceptors (Lipinski definition) is 8. The van der Waals surface area contributed by atoms with Crippen molar-refractivity contribution in [3.8, 4) is 0 Å². The van der Waals surface area contributed by atoms with Crippen LogP contribution in [0.2, 0.25) is 0 Å². The highest BCUT2D eigenvalue weighted by Gasteiger charge is 2.31. The topological polar surface area (TPSA) is 194 Å². The Morgan fingerprint density at radius 2 is 2.27 bits per heavy atom. The van der Waals surface area contributed by atoms with Crippen molar-refractivity contribution in [2.45, 2.75) is 12.6 Å². The number of hydrogen-bond donors (Lipinski definition) is 5. The van der Waals surface area contributed by atoms with Crippen LogP contribution in [0, 0.1) is 0 Å². The van der Waals surface area contributed by atoms with Crippen molar-refractivity contribution in [3.05, 3.63) is 16.7 Å². The maximum atomic E-state index is 11.6.